The Kier molecular flexibility index (Phi) is 6.33. The van der Waals surface area contributed by atoms with Crippen LogP contribution in [-0.4, -0.2) is 9.13 Å². The molecule has 0 radical (unpaired) electrons. The molecule has 0 unspecified atom stereocenters. The molecule has 1 aliphatic carbocycles. The SMILES string of the molecule is CC1(C)c2ccccc2-c2ccc(-n3c4ccccc4c4c3ccc3c5ccccc5n(-c5cccc(-c6cccc(-c7ccccc7)c6)c5)c34)cc21. The van der Waals surface area contributed by atoms with Gasteiger partial charge in [-0.15, -0.1) is 0 Å². The smallest absolute Gasteiger partial charge is 0.0641 e. The molecule has 0 aliphatic heterocycles. The highest BCUT2D eigenvalue weighted by molar-refractivity contribution is 6.26. The van der Waals surface area contributed by atoms with Gasteiger partial charge in [0.2, 0.25) is 0 Å². The third kappa shape index (κ3) is 4.33. The molecule has 53 heavy (non-hydrogen) atoms. The molecule has 8 aromatic carbocycles. The summed E-state index contributed by atoms with van der Waals surface area (Å²) in [4.78, 5) is 0. The molecule has 0 spiro atoms. The Balaban J connectivity index is 1.16. The van der Waals surface area contributed by atoms with Crippen molar-refractivity contribution in [1.82, 2.24) is 9.13 Å². The van der Waals surface area contributed by atoms with Crippen molar-refractivity contribution in [1.29, 1.82) is 0 Å². The molecule has 0 saturated heterocycles. The summed E-state index contributed by atoms with van der Waals surface area (Å²) >= 11 is 0. The largest absolute Gasteiger partial charge is 0.309 e. The molecule has 0 saturated carbocycles. The van der Waals surface area contributed by atoms with Crippen LogP contribution in [0.5, 0.6) is 0 Å². The van der Waals surface area contributed by atoms with Crippen molar-refractivity contribution in [2.45, 2.75) is 19.3 Å². The van der Waals surface area contributed by atoms with E-state index in [1.807, 2.05) is 0 Å². The maximum Gasteiger partial charge on any atom is 0.0641 e. The van der Waals surface area contributed by atoms with Crippen molar-refractivity contribution in [3.63, 3.8) is 0 Å². The molecule has 0 bridgehead atoms. The minimum Gasteiger partial charge on any atom is -0.309 e. The Morgan fingerprint density at radius 3 is 1.79 bits per heavy atom. The van der Waals surface area contributed by atoms with E-state index in [1.54, 1.807) is 0 Å². The topological polar surface area (TPSA) is 9.86 Å². The molecule has 2 heterocycles. The maximum absolute atomic E-state index is 2.50. The third-order valence-electron chi connectivity index (χ3n) is 11.7. The van der Waals surface area contributed by atoms with Gasteiger partial charge in [0.15, 0.2) is 0 Å². The first kappa shape index (κ1) is 30.0. The van der Waals surface area contributed by atoms with Gasteiger partial charge in [-0.05, 0) is 93.0 Å². The number of nitrogens with zero attached hydrogens (tertiary/aromatic N) is 2. The second kappa shape index (κ2) is 11.2. The highest BCUT2D eigenvalue weighted by Crippen LogP contribution is 2.50. The number of hydrogen-bond acceptors (Lipinski definition) is 0. The summed E-state index contributed by atoms with van der Waals surface area (Å²) in [5.41, 5.74) is 17.5. The van der Waals surface area contributed by atoms with Gasteiger partial charge in [0.1, 0.15) is 0 Å². The zero-order chi connectivity index (χ0) is 35.3. The lowest BCUT2D eigenvalue weighted by atomic mass is 9.82. The number of benzene rings is 8. The van der Waals surface area contributed by atoms with Crippen LogP contribution in [0.25, 0.3) is 88.4 Å². The maximum atomic E-state index is 2.50. The van der Waals surface area contributed by atoms with E-state index < -0.39 is 0 Å². The summed E-state index contributed by atoms with van der Waals surface area (Å²) in [6, 6.07) is 67.0. The van der Waals surface area contributed by atoms with Gasteiger partial charge >= 0.3 is 0 Å². The fourth-order valence-corrected chi connectivity index (χ4v) is 9.22. The molecule has 250 valence electrons. The zero-order valence-electron chi connectivity index (χ0n) is 29.7. The third-order valence-corrected chi connectivity index (χ3v) is 11.7. The molecule has 2 aromatic heterocycles. The summed E-state index contributed by atoms with van der Waals surface area (Å²) in [5.74, 6) is 0. The average Bonchev–Trinajstić information content (AvgIpc) is 3.81. The van der Waals surface area contributed by atoms with Crippen LogP contribution in [0.4, 0.5) is 0 Å². The first-order valence-electron chi connectivity index (χ1n) is 18.5. The number of aromatic nitrogens is 2. The summed E-state index contributed by atoms with van der Waals surface area (Å²) in [7, 11) is 0. The Bertz CT molecular complexity index is 3080. The van der Waals surface area contributed by atoms with Crippen molar-refractivity contribution in [3.05, 3.63) is 193 Å². The van der Waals surface area contributed by atoms with Gasteiger partial charge < -0.3 is 9.13 Å². The summed E-state index contributed by atoms with van der Waals surface area (Å²) in [5, 5.41) is 5.05. The molecule has 0 N–H and O–H groups in total. The predicted molar refractivity (Wildman–Crippen MR) is 224 cm³/mol. The van der Waals surface area contributed by atoms with Crippen molar-refractivity contribution in [2.24, 2.45) is 0 Å². The van der Waals surface area contributed by atoms with Crippen LogP contribution in [-0.2, 0) is 5.41 Å². The molecular weight excluding hydrogens is 641 g/mol. The molecule has 2 heteroatoms. The highest BCUT2D eigenvalue weighted by atomic mass is 15.0. The second-order valence-electron chi connectivity index (χ2n) is 15.0. The van der Waals surface area contributed by atoms with E-state index in [4.69, 9.17) is 0 Å². The van der Waals surface area contributed by atoms with Crippen molar-refractivity contribution >= 4 is 43.6 Å². The number of hydrogen-bond donors (Lipinski definition) is 0. The van der Waals surface area contributed by atoms with Gasteiger partial charge in [-0.2, -0.15) is 0 Å². The minimum absolute atomic E-state index is 0.0774. The van der Waals surface area contributed by atoms with Crippen molar-refractivity contribution in [2.75, 3.05) is 0 Å². The highest BCUT2D eigenvalue weighted by Gasteiger charge is 2.35. The molecule has 0 atom stereocenters. The molecule has 11 rings (SSSR count). The van der Waals surface area contributed by atoms with Gasteiger partial charge in [-0.3, -0.25) is 0 Å². The van der Waals surface area contributed by atoms with E-state index in [2.05, 4.69) is 205 Å². The van der Waals surface area contributed by atoms with Crippen LogP contribution in [0.15, 0.2) is 182 Å². The Hall–Kier alpha value is -6.64. The fourth-order valence-electron chi connectivity index (χ4n) is 9.22. The molecule has 2 nitrogen and oxygen atoms in total. The molecule has 0 fully saturated rings. The molecule has 10 aromatic rings. The van der Waals surface area contributed by atoms with Crippen molar-refractivity contribution in [3.8, 4) is 44.8 Å². The van der Waals surface area contributed by atoms with Gasteiger partial charge in [0.25, 0.3) is 0 Å². The fraction of sp³-hybridized carbons (Fsp3) is 0.0588. The van der Waals surface area contributed by atoms with E-state index in [0.29, 0.717) is 0 Å². The van der Waals surface area contributed by atoms with Crippen LogP contribution in [0.1, 0.15) is 25.0 Å². The van der Waals surface area contributed by atoms with Gasteiger partial charge in [0, 0.05) is 38.3 Å². The van der Waals surface area contributed by atoms with Crippen LogP contribution >= 0.6 is 0 Å². The molecular formula is C51H36N2. The van der Waals surface area contributed by atoms with Gasteiger partial charge in [-0.25, -0.2) is 0 Å². The van der Waals surface area contributed by atoms with E-state index in [1.165, 1.54) is 93.8 Å². The lowest BCUT2D eigenvalue weighted by Gasteiger charge is -2.22. The predicted octanol–water partition coefficient (Wildman–Crippen LogP) is 13.5. The Morgan fingerprint density at radius 2 is 0.962 bits per heavy atom. The summed E-state index contributed by atoms with van der Waals surface area (Å²) in [6.07, 6.45) is 0. The standard InChI is InChI=1S/C51H36N2/c1-51(2)44-23-9-6-20-39(44)40-27-26-38(32-45(40)51)52-47-25-11-8-22-43(47)49-48(52)29-28-42-41-21-7-10-24-46(41)53(50(42)49)37-19-13-18-36(31-37)35-17-12-16-34(30-35)33-14-4-3-5-15-33/h3-32H,1-2H3. The lowest BCUT2D eigenvalue weighted by Crippen LogP contribution is -2.15. The minimum atomic E-state index is -0.0774. The van der Waals surface area contributed by atoms with Crippen LogP contribution in [0.2, 0.25) is 0 Å². The average molecular weight is 677 g/mol. The monoisotopic (exact) mass is 676 g/mol. The van der Waals surface area contributed by atoms with Crippen molar-refractivity contribution < 1.29 is 0 Å². The quantitative estimate of drug-likeness (QED) is 0.176. The zero-order valence-corrected chi connectivity index (χ0v) is 29.7. The summed E-state index contributed by atoms with van der Waals surface area (Å²) in [6.45, 7) is 4.72. The van der Waals surface area contributed by atoms with E-state index in [9.17, 15) is 0 Å². The first-order chi connectivity index (χ1) is 26.1. The number of fused-ring (bicyclic) bond motifs is 10. The normalized spacial score (nSPS) is 13.2. The van der Waals surface area contributed by atoms with Crippen LogP contribution < -0.4 is 0 Å². The van der Waals surface area contributed by atoms with Gasteiger partial charge in [-0.1, -0.05) is 147 Å². The number of para-hydroxylation sites is 2. The van der Waals surface area contributed by atoms with E-state index in [-0.39, 0.29) is 5.41 Å². The Labute approximate surface area is 308 Å². The second-order valence-corrected chi connectivity index (χ2v) is 15.0. The van der Waals surface area contributed by atoms with E-state index >= 15 is 0 Å². The summed E-state index contributed by atoms with van der Waals surface area (Å²) < 4.78 is 4.98. The molecule has 0 amide bonds. The first-order valence-corrected chi connectivity index (χ1v) is 18.5. The van der Waals surface area contributed by atoms with E-state index in [0.717, 1.165) is 5.69 Å². The lowest BCUT2D eigenvalue weighted by molar-refractivity contribution is 0.660. The number of rotatable bonds is 4. The van der Waals surface area contributed by atoms with Gasteiger partial charge in [0.05, 0.1) is 22.1 Å². The molecule has 1 aliphatic rings. The van der Waals surface area contributed by atoms with Crippen LogP contribution in [0.3, 0.4) is 0 Å². The Morgan fingerprint density at radius 1 is 0.358 bits per heavy atom. The van der Waals surface area contributed by atoms with Crippen LogP contribution in [0, 0.1) is 0 Å².